The quantitative estimate of drug-likeness (QED) is 0.865. The van der Waals surface area contributed by atoms with E-state index in [0.29, 0.717) is 18.7 Å². The fraction of sp³-hybridized carbons (Fsp3) is 0.615. The van der Waals surface area contributed by atoms with E-state index in [0.717, 1.165) is 30.7 Å². The maximum Gasteiger partial charge on any atom is 0.244 e. The molecule has 0 unspecified atom stereocenters. The third-order valence-corrected chi connectivity index (χ3v) is 3.40. The Balaban J connectivity index is 1.95. The summed E-state index contributed by atoms with van der Waals surface area (Å²) in [5, 5.41) is 9.67. The van der Waals surface area contributed by atoms with Gasteiger partial charge in [-0.1, -0.05) is 6.42 Å². The van der Waals surface area contributed by atoms with Gasteiger partial charge in [0.25, 0.3) is 0 Å². The number of aromatic nitrogens is 2. The first-order valence-corrected chi connectivity index (χ1v) is 6.67. The molecule has 0 aliphatic carbocycles. The van der Waals surface area contributed by atoms with Crippen molar-refractivity contribution in [3.63, 3.8) is 0 Å². The Labute approximate surface area is 112 Å². The summed E-state index contributed by atoms with van der Waals surface area (Å²) in [7, 11) is 0. The van der Waals surface area contributed by atoms with Crippen LogP contribution >= 0.6 is 0 Å². The van der Waals surface area contributed by atoms with E-state index >= 15 is 0 Å². The molecule has 1 aliphatic heterocycles. The van der Waals surface area contributed by atoms with E-state index < -0.39 is 0 Å². The third kappa shape index (κ3) is 3.33. The second-order valence-corrected chi connectivity index (χ2v) is 4.98. The average molecular weight is 264 g/mol. The van der Waals surface area contributed by atoms with Gasteiger partial charge in [-0.15, -0.1) is 0 Å². The zero-order valence-corrected chi connectivity index (χ0v) is 11.5. The van der Waals surface area contributed by atoms with Crippen LogP contribution < -0.4 is 5.32 Å². The van der Waals surface area contributed by atoms with Crippen LogP contribution in [0, 0.1) is 13.8 Å². The number of hydrogen-bond donors (Lipinski definition) is 2. The molecule has 6 nitrogen and oxygen atoms in total. The average Bonchev–Trinajstić information content (AvgIpc) is 2.57. The number of nitrogens with one attached hydrogen (secondary N) is 2. The smallest absolute Gasteiger partial charge is 0.244 e. The van der Waals surface area contributed by atoms with Crippen LogP contribution in [-0.2, 0) is 9.59 Å². The third-order valence-electron chi connectivity index (χ3n) is 3.40. The van der Waals surface area contributed by atoms with Gasteiger partial charge in [-0.2, -0.15) is 5.10 Å². The topological polar surface area (TPSA) is 78.1 Å². The number of aryl methyl sites for hydroxylation is 2. The number of rotatable bonds is 3. The lowest BCUT2D eigenvalue weighted by molar-refractivity contribution is -0.134. The number of carbonyl (C=O) groups is 2. The molecular weight excluding hydrogens is 244 g/mol. The van der Waals surface area contributed by atoms with Gasteiger partial charge in [-0.3, -0.25) is 14.7 Å². The largest absolute Gasteiger partial charge is 0.333 e. The van der Waals surface area contributed by atoms with Crippen molar-refractivity contribution in [1.82, 2.24) is 15.1 Å². The van der Waals surface area contributed by atoms with Gasteiger partial charge in [0.2, 0.25) is 11.8 Å². The number of hydrogen-bond acceptors (Lipinski definition) is 3. The van der Waals surface area contributed by atoms with Crippen LogP contribution in [0.2, 0.25) is 0 Å². The first kappa shape index (κ1) is 13.6. The molecule has 1 aromatic heterocycles. The van der Waals surface area contributed by atoms with Gasteiger partial charge in [0.15, 0.2) is 0 Å². The summed E-state index contributed by atoms with van der Waals surface area (Å²) in [5.74, 6) is -0.0869. The summed E-state index contributed by atoms with van der Waals surface area (Å²) in [6.07, 6.45) is 3.51. The van der Waals surface area contributed by atoms with Crippen LogP contribution in [-0.4, -0.2) is 40.0 Å². The zero-order chi connectivity index (χ0) is 13.8. The van der Waals surface area contributed by atoms with Crippen molar-refractivity contribution >= 4 is 17.5 Å². The van der Waals surface area contributed by atoms with Crippen LogP contribution in [0.1, 0.15) is 37.1 Å². The minimum atomic E-state index is -0.164. The number of anilines is 1. The highest BCUT2D eigenvalue weighted by molar-refractivity contribution is 5.95. The van der Waals surface area contributed by atoms with E-state index in [-0.39, 0.29) is 18.4 Å². The van der Waals surface area contributed by atoms with Crippen molar-refractivity contribution < 1.29 is 9.59 Å². The predicted molar refractivity (Wildman–Crippen MR) is 71.7 cm³/mol. The van der Waals surface area contributed by atoms with E-state index in [1.165, 1.54) is 0 Å². The molecule has 2 rings (SSSR count). The Morgan fingerprint density at radius 2 is 2.16 bits per heavy atom. The number of nitrogens with zero attached hydrogens (tertiary/aromatic N) is 2. The minimum absolute atomic E-state index is 0.0771. The lowest BCUT2D eigenvalue weighted by atomic mass is 10.2. The monoisotopic (exact) mass is 264 g/mol. The summed E-state index contributed by atoms with van der Waals surface area (Å²) in [4.78, 5) is 25.5. The fourth-order valence-corrected chi connectivity index (χ4v) is 2.29. The molecule has 1 aromatic rings. The lowest BCUT2D eigenvalue weighted by Gasteiger charge is -2.19. The normalized spacial score (nSPS) is 16.3. The van der Waals surface area contributed by atoms with E-state index in [9.17, 15) is 9.59 Å². The lowest BCUT2D eigenvalue weighted by Crippen LogP contribution is -2.37. The highest BCUT2D eigenvalue weighted by atomic mass is 16.2. The van der Waals surface area contributed by atoms with Crippen molar-refractivity contribution in [2.45, 2.75) is 39.5 Å². The molecule has 0 aromatic carbocycles. The van der Waals surface area contributed by atoms with Gasteiger partial charge in [0.05, 0.1) is 23.6 Å². The number of H-pyrrole nitrogens is 1. The minimum Gasteiger partial charge on any atom is -0.333 e. The number of amides is 2. The van der Waals surface area contributed by atoms with Crippen molar-refractivity contribution in [2.24, 2.45) is 0 Å². The molecule has 0 radical (unpaired) electrons. The van der Waals surface area contributed by atoms with E-state index in [2.05, 4.69) is 15.5 Å². The molecule has 2 N–H and O–H groups in total. The number of carbonyl (C=O) groups excluding carboxylic acids is 2. The van der Waals surface area contributed by atoms with Crippen molar-refractivity contribution in [2.75, 3.05) is 18.4 Å². The summed E-state index contributed by atoms with van der Waals surface area (Å²) in [6.45, 7) is 4.49. The molecule has 19 heavy (non-hydrogen) atoms. The first-order chi connectivity index (χ1) is 9.08. The van der Waals surface area contributed by atoms with Crippen molar-refractivity contribution in [1.29, 1.82) is 0 Å². The summed E-state index contributed by atoms with van der Waals surface area (Å²) in [5.41, 5.74) is 2.30. The molecule has 1 fully saturated rings. The SMILES string of the molecule is Cc1n[nH]c(C)c1NC(=O)CN1CCCCCC1=O. The van der Waals surface area contributed by atoms with Crippen LogP contribution in [0.15, 0.2) is 0 Å². The number of aromatic amines is 1. The van der Waals surface area contributed by atoms with Gasteiger partial charge in [-0.05, 0) is 26.7 Å². The molecule has 6 heteroatoms. The maximum atomic E-state index is 12.0. The molecule has 2 amide bonds. The molecule has 1 aliphatic rings. The second kappa shape index (κ2) is 5.86. The Morgan fingerprint density at radius 1 is 1.37 bits per heavy atom. The fourth-order valence-electron chi connectivity index (χ4n) is 2.29. The Morgan fingerprint density at radius 3 is 2.84 bits per heavy atom. The van der Waals surface area contributed by atoms with Gasteiger partial charge in [-0.25, -0.2) is 0 Å². The van der Waals surface area contributed by atoms with Gasteiger partial charge in [0.1, 0.15) is 0 Å². The Hall–Kier alpha value is -1.85. The van der Waals surface area contributed by atoms with Crippen LogP contribution in [0.3, 0.4) is 0 Å². The van der Waals surface area contributed by atoms with E-state index in [1.54, 1.807) is 4.90 Å². The first-order valence-electron chi connectivity index (χ1n) is 6.67. The molecule has 1 saturated heterocycles. The van der Waals surface area contributed by atoms with Crippen LogP contribution in [0.4, 0.5) is 5.69 Å². The molecular formula is C13H20N4O2. The highest BCUT2D eigenvalue weighted by Gasteiger charge is 2.20. The van der Waals surface area contributed by atoms with E-state index in [4.69, 9.17) is 0 Å². The van der Waals surface area contributed by atoms with E-state index in [1.807, 2.05) is 13.8 Å². The van der Waals surface area contributed by atoms with Gasteiger partial charge < -0.3 is 10.2 Å². The maximum absolute atomic E-state index is 12.0. The molecule has 2 heterocycles. The standard InChI is InChI=1S/C13H20N4O2/c1-9-13(10(2)16-15-9)14-11(18)8-17-7-5-3-4-6-12(17)19/h3-8H2,1-2H3,(H,14,18)(H,15,16). The molecule has 0 spiro atoms. The molecule has 104 valence electrons. The predicted octanol–water partition coefficient (Wildman–Crippen LogP) is 1.37. The Kier molecular flexibility index (Phi) is 4.19. The van der Waals surface area contributed by atoms with Crippen LogP contribution in [0.25, 0.3) is 0 Å². The zero-order valence-electron chi connectivity index (χ0n) is 11.5. The van der Waals surface area contributed by atoms with Gasteiger partial charge in [0, 0.05) is 13.0 Å². The summed E-state index contributed by atoms with van der Waals surface area (Å²) in [6, 6.07) is 0. The summed E-state index contributed by atoms with van der Waals surface area (Å²) >= 11 is 0. The second-order valence-electron chi connectivity index (χ2n) is 4.98. The van der Waals surface area contributed by atoms with Crippen LogP contribution in [0.5, 0.6) is 0 Å². The Bertz CT molecular complexity index is 461. The van der Waals surface area contributed by atoms with Gasteiger partial charge >= 0.3 is 0 Å². The molecule has 0 atom stereocenters. The number of likely N-dealkylation sites (tertiary alicyclic amines) is 1. The summed E-state index contributed by atoms with van der Waals surface area (Å²) < 4.78 is 0. The molecule has 0 saturated carbocycles. The van der Waals surface area contributed by atoms with Crippen molar-refractivity contribution in [3.8, 4) is 0 Å². The highest BCUT2D eigenvalue weighted by Crippen LogP contribution is 2.16. The van der Waals surface area contributed by atoms with Crippen molar-refractivity contribution in [3.05, 3.63) is 11.4 Å². The molecule has 0 bridgehead atoms.